The molecular weight excluding hydrogens is 401 g/mol. The second kappa shape index (κ2) is 9.37. The summed E-state index contributed by atoms with van der Waals surface area (Å²) in [6, 6.07) is 18.9. The Balaban J connectivity index is 1.39. The van der Waals surface area contributed by atoms with Crippen LogP contribution in [0.15, 0.2) is 73.1 Å². The molecule has 4 rings (SSSR count). The van der Waals surface area contributed by atoms with Gasteiger partial charge < -0.3 is 14.8 Å². The molecule has 0 saturated carbocycles. The summed E-state index contributed by atoms with van der Waals surface area (Å²) in [7, 11) is 0. The molecule has 0 aliphatic rings. The molecule has 2 heterocycles. The van der Waals surface area contributed by atoms with E-state index in [4.69, 9.17) is 9.47 Å². The van der Waals surface area contributed by atoms with E-state index in [1.165, 1.54) is 0 Å². The lowest BCUT2D eigenvalue weighted by atomic mass is 10.2. The van der Waals surface area contributed by atoms with Crippen molar-refractivity contribution < 1.29 is 13.9 Å². The number of hydrogen-bond donors (Lipinski definition) is 1. The highest BCUT2D eigenvalue weighted by atomic mass is 32.1. The van der Waals surface area contributed by atoms with Crippen LogP contribution in [0.5, 0.6) is 11.5 Å². The van der Waals surface area contributed by atoms with E-state index in [1.807, 2.05) is 55.5 Å². The Hall–Kier alpha value is -3.45. The fourth-order valence-corrected chi connectivity index (χ4v) is 3.56. The molecule has 4 aromatic rings. The highest BCUT2D eigenvalue weighted by molar-refractivity contribution is 7.14. The van der Waals surface area contributed by atoms with Crippen molar-refractivity contribution in [2.45, 2.75) is 6.92 Å². The van der Waals surface area contributed by atoms with E-state index in [2.05, 4.69) is 15.3 Å². The largest absolute Gasteiger partial charge is 0.490 e. The maximum absolute atomic E-state index is 14.3. The fourth-order valence-electron chi connectivity index (χ4n) is 2.82. The van der Waals surface area contributed by atoms with Gasteiger partial charge in [-0.3, -0.25) is 4.98 Å². The third-order valence-electron chi connectivity index (χ3n) is 4.31. The lowest BCUT2D eigenvalue weighted by molar-refractivity contribution is 0.216. The van der Waals surface area contributed by atoms with Gasteiger partial charge in [0.1, 0.15) is 30.4 Å². The number of halogens is 1. The van der Waals surface area contributed by atoms with Gasteiger partial charge in [-0.1, -0.05) is 35.6 Å². The molecule has 0 amide bonds. The Kier molecular flexibility index (Phi) is 6.20. The number of aromatic nitrogens is 2. The number of nitrogens with one attached hydrogen (secondary N) is 1. The van der Waals surface area contributed by atoms with Gasteiger partial charge in [-0.15, -0.1) is 0 Å². The zero-order valence-electron chi connectivity index (χ0n) is 16.3. The second-order valence-corrected chi connectivity index (χ2v) is 7.45. The van der Waals surface area contributed by atoms with Gasteiger partial charge in [0.05, 0.1) is 0 Å². The quantitative estimate of drug-likeness (QED) is 0.362. The maximum atomic E-state index is 14.3. The number of aryl methyl sites for hydroxylation is 1. The van der Waals surface area contributed by atoms with E-state index >= 15 is 0 Å². The minimum absolute atomic E-state index is 0.289. The number of pyridine rings is 1. The van der Waals surface area contributed by atoms with Crippen molar-refractivity contribution in [3.05, 3.63) is 83.8 Å². The highest BCUT2D eigenvalue weighted by Crippen LogP contribution is 2.32. The smallest absolute Gasteiger partial charge is 0.206 e. The molecule has 152 valence electrons. The number of thiazole rings is 1. The first-order chi connectivity index (χ1) is 14.7. The van der Waals surface area contributed by atoms with Crippen LogP contribution in [0.1, 0.15) is 5.56 Å². The maximum Gasteiger partial charge on any atom is 0.206 e. The Morgan fingerprint density at radius 1 is 1.00 bits per heavy atom. The number of hydrogen-bond acceptors (Lipinski definition) is 6. The zero-order chi connectivity index (χ0) is 20.8. The van der Waals surface area contributed by atoms with Crippen LogP contribution in [0.2, 0.25) is 0 Å². The monoisotopic (exact) mass is 421 g/mol. The molecular formula is C23H20FN3O2S. The SMILES string of the molecule is Cc1ccc(Nc2nc(-c3cccnc3)c(F)s2)cc1OCCOc1ccccc1. The first kappa shape index (κ1) is 19.8. The summed E-state index contributed by atoms with van der Waals surface area (Å²) in [4.78, 5) is 8.39. The first-order valence-electron chi connectivity index (χ1n) is 9.44. The van der Waals surface area contributed by atoms with Gasteiger partial charge in [-0.25, -0.2) is 4.98 Å². The zero-order valence-corrected chi connectivity index (χ0v) is 17.2. The molecule has 0 bridgehead atoms. The van der Waals surface area contributed by atoms with Gasteiger partial charge in [-0.2, -0.15) is 4.39 Å². The van der Waals surface area contributed by atoms with E-state index in [0.29, 0.717) is 23.9 Å². The van der Waals surface area contributed by atoms with E-state index in [1.54, 1.807) is 24.5 Å². The normalized spacial score (nSPS) is 10.6. The summed E-state index contributed by atoms with van der Waals surface area (Å²) in [5, 5.41) is 3.27. The van der Waals surface area contributed by atoms with E-state index < -0.39 is 0 Å². The summed E-state index contributed by atoms with van der Waals surface area (Å²) >= 11 is 0.956. The van der Waals surface area contributed by atoms with Crippen molar-refractivity contribution in [1.82, 2.24) is 9.97 Å². The number of para-hydroxylation sites is 1. The summed E-state index contributed by atoms with van der Waals surface area (Å²) in [6.07, 6.45) is 3.24. The van der Waals surface area contributed by atoms with Crippen LogP contribution in [-0.2, 0) is 0 Å². The molecule has 0 radical (unpaired) electrons. The minimum atomic E-state index is -0.354. The number of anilines is 2. The van der Waals surface area contributed by atoms with Crippen LogP contribution >= 0.6 is 11.3 Å². The van der Waals surface area contributed by atoms with Crippen molar-refractivity contribution in [2.75, 3.05) is 18.5 Å². The molecule has 0 aliphatic heterocycles. The third-order valence-corrected chi connectivity index (χ3v) is 5.07. The van der Waals surface area contributed by atoms with Crippen LogP contribution in [0.25, 0.3) is 11.3 Å². The van der Waals surface area contributed by atoms with E-state index in [-0.39, 0.29) is 10.8 Å². The molecule has 0 atom stereocenters. The molecule has 0 aliphatic carbocycles. The number of rotatable bonds is 8. The number of benzene rings is 2. The van der Waals surface area contributed by atoms with Gasteiger partial charge in [0.2, 0.25) is 5.13 Å². The average molecular weight is 421 g/mol. The van der Waals surface area contributed by atoms with Crippen LogP contribution in [0.3, 0.4) is 0 Å². The Morgan fingerprint density at radius 2 is 1.83 bits per heavy atom. The van der Waals surface area contributed by atoms with Crippen molar-refractivity contribution in [2.24, 2.45) is 0 Å². The summed E-state index contributed by atoms with van der Waals surface area (Å²) in [6.45, 7) is 2.82. The van der Waals surface area contributed by atoms with Gasteiger partial charge in [0.25, 0.3) is 0 Å². The van der Waals surface area contributed by atoms with Gasteiger partial charge >= 0.3 is 0 Å². The lowest BCUT2D eigenvalue weighted by Crippen LogP contribution is -2.09. The fraction of sp³-hybridized carbons (Fsp3) is 0.130. The third kappa shape index (κ3) is 4.93. The van der Waals surface area contributed by atoms with Gasteiger partial charge in [-0.05, 0) is 42.8 Å². The Morgan fingerprint density at radius 3 is 2.63 bits per heavy atom. The predicted molar refractivity (Wildman–Crippen MR) is 117 cm³/mol. The molecule has 2 aromatic heterocycles. The first-order valence-corrected chi connectivity index (χ1v) is 10.3. The molecule has 5 nitrogen and oxygen atoms in total. The van der Waals surface area contributed by atoms with Crippen molar-refractivity contribution in [3.63, 3.8) is 0 Å². The molecule has 0 unspecified atom stereocenters. The topological polar surface area (TPSA) is 56.3 Å². The summed E-state index contributed by atoms with van der Waals surface area (Å²) < 4.78 is 25.9. The molecule has 7 heteroatoms. The minimum Gasteiger partial charge on any atom is -0.490 e. The predicted octanol–water partition coefficient (Wildman–Crippen LogP) is 5.85. The van der Waals surface area contributed by atoms with Gasteiger partial charge in [0, 0.05) is 29.7 Å². The molecule has 1 N–H and O–H groups in total. The van der Waals surface area contributed by atoms with Crippen molar-refractivity contribution in [1.29, 1.82) is 0 Å². The standard InChI is InChI=1S/C23H20FN3O2S/c1-16-9-10-18(14-20(16)29-13-12-28-19-7-3-2-4-8-19)26-23-27-21(22(24)30-23)17-6-5-11-25-15-17/h2-11,14-15H,12-13H2,1H3,(H,26,27). The van der Waals surface area contributed by atoms with Crippen LogP contribution in [0, 0.1) is 12.1 Å². The van der Waals surface area contributed by atoms with E-state index in [0.717, 1.165) is 34.1 Å². The van der Waals surface area contributed by atoms with Crippen molar-refractivity contribution in [3.8, 4) is 22.8 Å². The van der Waals surface area contributed by atoms with Crippen LogP contribution in [0.4, 0.5) is 15.2 Å². The van der Waals surface area contributed by atoms with Crippen LogP contribution < -0.4 is 14.8 Å². The van der Waals surface area contributed by atoms with Crippen LogP contribution in [-0.4, -0.2) is 23.2 Å². The molecule has 2 aromatic carbocycles. The highest BCUT2D eigenvalue weighted by Gasteiger charge is 2.13. The van der Waals surface area contributed by atoms with E-state index in [9.17, 15) is 4.39 Å². The average Bonchev–Trinajstić information content (AvgIpc) is 3.14. The lowest BCUT2D eigenvalue weighted by Gasteiger charge is -2.12. The summed E-state index contributed by atoms with van der Waals surface area (Å²) in [5.41, 5.74) is 2.70. The molecule has 0 spiro atoms. The second-order valence-electron chi connectivity index (χ2n) is 6.50. The van der Waals surface area contributed by atoms with Crippen molar-refractivity contribution >= 4 is 22.2 Å². The van der Waals surface area contributed by atoms with Gasteiger partial charge in [0.15, 0.2) is 5.13 Å². The Labute approximate surface area is 178 Å². The molecule has 30 heavy (non-hydrogen) atoms. The molecule has 0 saturated heterocycles. The number of ether oxygens (including phenoxy) is 2. The summed E-state index contributed by atoms with van der Waals surface area (Å²) in [5.74, 6) is 1.55. The number of nitrogens with zero attached hydrogens (tertiary/aromatic N) is 2. The molecule has 0 fully saturated rings. The Bertz CT molecular complexity index is 1100.